The van der Waals surface area contributed by atoms with Crippen LogP contribution >= 0.6 is 0 Å². The van der Waals surface area contributed by atoms with Gasteiger partial charge in [0.15, 0.2) is 0 Å². The summed E-state index contributed by atoms with van der Waals surface area (Å²) in [5.74, 6) is -0.0909. The second-order valence-electron chi connectivity index (χ2n) is 8.98. The molecule has 8 nitrogen and oxygen atoms in total. The monoisotopic (exact) mass is 494 g/mol. The molecule has 36 heavy (non-hydrogen) atoms. The Labute approximate surface area is 212 Å². The number of hydrogen-bond donors (Lipinski definition) is 1. The molecule has 192 valence electrons. The first-order valence-electron chi connectivity index (χ1n) is 12.4. The van der Waals surface area contributed by atoms with Crippen LogP contribution in [-0.2, 0) is 14.3 Å². The average molecular weight is 495 g/mol. The molecule has 1 atom stereocenters. The zero-order valence-corrected chi connectivity index (χ0v) is 21.2. The topological polar surface area (TPSA) is 88.5 Å². The van der Waals surface area contributed by atoms with Crippen LogP contribution in [0, 0.1) is 6.92 Å². The van der Waals surface area contributed by atoms with Gasteiger partial charge in [-0.2, -0.15) is 0 Å². The molecule has 0 radical (unpaired) electrons. The SMILES string of the molecule is CCOc1ccc([C@@H]2/C(=C(\O)c3ccc(OC)cc3C)C(=O)C(=O)N2CCCN2CCOCC2)cc1. The first kappa shape index (κ1) is 25.7. The molecule has 2 heterocycles. The van der Waals surface area contributed by atoms with Crippen LogP contribution in [0.2, 0.25) is 0 Å². The molecule has 2 fully saturated rings. The minimum absolute atomic E-state index is 0.101. The zero-order chi connectivity index (χ0) is 25.7. The fraction of sp³-hybridized carbons (Fsp3) is 0.429. The van der Waals surface area contributed by atoms with Crippen LogP contribution in [-0.4, -0.2) is 79.7 Å². The van der Waals surface area contributed by atoms with Gasteiger partial charge < -0.3 is 24.2 Å². The van der Waals surface area contributed by atoms with Gasteiger partial charge in [0, 0.05) is 31.7 Å². The lowest BCUT2D eigenvalue weighted by atomic mass is 9.93. The molecule has 0 saturated carbocycles. The van der Waals surface area contributed by atoms with Gasteiger partial charge in [-0.15, -0.1) is 0 Å². The Kier molecular flexibility index (Phi) is 8.28. The number of rotatable bonds is 9. The Morgan fingerprint density at radius 3 is 2.39 bits per heavy atom. The maximum atomic E-state index is 13.3. The first-order valence-corrected chi connectivity index (χ1v) is 12.4. The quantitative estimate of drug-likeness (QED) is 0.324. The molecule has 2 aliphatic rings. The second kappa shape index (κ2) is 11.6. The molecule has 8 heteroatoms. The lowest BCUT2D eigenvalue weighted by molar-refractivity contribution is -0.140. The van der Waals surface area contributed by atoms with E-state index in [1.54, 1.807) is 30.2 Å². The van der Waals surface area contributed by atoms with Crippen molar-refractivity contribution in [2.45, 2.75) is 26.3 Å². The summed E-state index contributed by atoms with van der Waals surface area (Å²) in [5, 5.41) is 11.4. The van der Waals surface area contributed by atoms with Crippen molar-refractivity contribution in [1.29, 1.82) is 0 Å². The third-order valence-corrected chi connectivity index (χ3v) is 6.71. The Hall–Kier alpha value is -3.36. The lowest BCUT2D eigenvalue weighted by Crippen LogP contribution is -2.38. The van der Waals surface area contributed by atoms with Crippen LogP contribution < -0.4 is 9.47 Å². The molecule has 2 aromatic carbocycles. The van der Waals surface area contributed by atoms with Crippen LogP contribution in [0.3, 0.4) is 0 Å². The number of aryl methyl sites for hydroxylation is 1. The van der Waals surface area contributed by atoms with Gasteiger partial charge in [-0.05, 0) is 61.7 Å². The highest BCUT2D eigenvalue weighted by Crippen LogP contribution is 2.40. The lowest BCUT2D eigenvalue weighted by Gasteiger charge is -2.29. The smallest absolute Gasteiger partial charge is 0.295 e. The largest absolute Gasteiger partial charge is 0.507 e. The molecule has 0 spiro atoms. The van der Waals surface area contributed by atoms with Crippen LogP contribution in [0.4, 0.5) is 0 Å². The van der Waals surface area contributed by atoms with Gasteiger partial charge in [0.05, 0.1) is 38.5 Å². The van der Waals surface area contributed by atoms with E-state index in [-0.39, 0.29) is 11.3 Å². The van der Waals surface area contributed by atoms with E-state index < -0.39 is 17.7 Å². The van der Waals surface area contributed by atoms with Gasteiger partial charge in [-0.3, -0.25) is 14.5 Å². The highest BCUT2D eigenvalue weighted by Gasteiger charge is 2.46. The number of ether oxygens (including phenoxy) is 3. The minimum Gasteiger partial charge on any atom is -0.507 e. The van der Waals surface area contributed by atoms with Crippen molar-refractivity contribution in [2.75, 3.05) is 53.1 Å². The van der Waals surface area contributed by atoms with E-state index in [9.17, 15) is 14.7 Å². The number of carbonyl (C=O) groups excluding carboxylic acids is 2. The van der Waals surface area contributed by atoms with Gasteiger partial charge in [0.25, 0.3) is 11.7 Å². The molecule has 0 aromatic heterocycles. The molecule has 0 unspecified atom stereocenters. The van der Waals surface area contributed by atoms with E-state index >= 15 is 0 Å². The molecule has 2 aromatic rings. The summed E-state index contributed by atoms with van der Waals surface area (Å²) in [6, 6.07) is 11.9. The summed E-state index contributed by atoms with van der Waals surface area (Å²) in [4.78, 5) is 30.4. The van der Waals surface area contributed by atoms with E-state index in [0.717, 1.165) is 30.8 Å². The van der Waals surface area contributed by atoms with Crippen LogP contribution in [0.15, 0.2) is 48.0 Å². The van der Waals surface area contributed by atoms with Crippen molar-refractivity contribution >= 4 is 17.4 Å². The minimum atomic E-state index is -0.688. The summed E-state index contributed by atoms with van der Waals surface area (Å²) in [6.07, 6.45) is 0.710. The van der Waals surface area contributed by atoms with Crippen molar-refractivity contribution in [3.63, 3.8) is 0 Å². The summed E-state index contributed by atoms with van der Waals surface area (Å²) >= 11 is 0. The third kappa shape index (κ3) is 5.39. The van der Waals surface area contributed by atoms with Crippen molar-refractivity contribution < 1.29 is 28.9 Å². The van der Waals surface area contributed by atoms with E-state index in [4.69, 9.17) is 14.2 Å². The summed E-state index contributed by atoms with van der Waals surface area (Å²) in [5.41, 5.74) is 2.09. The second-order valence-corrected chi connectivity index (χ2v) is 8.98. The number of likely N-dealkylation sites (tertiary alicyclic amines) is 1. The molecule has 0 aliphatic carbocycles. The van der Waals surface area contributed by atoms with E-state index in [1.165, 1.54) is 0 Å². The number of amides is 1. The molecule has 1 N–H and O–H groups in total. The number of carbonyl (C=O) groups is 2. The van der Waals surface area contributed by atoms with Crippen LogP contribution in [0.25, 0.3) is 5.76 Å². The Morgan fingerprint density at radius 1 is 1.06 bits per heavy atom. The van der Waals surface area contributed by atoms with Gasteiger partial charge in [-0.25, -0.2) is 0 Å². The number of hydrogen-bond acceptors (Lipinski definition) is 7. The van der Waals surface area contributed by atoms with Crippen molar-refractivity contribution in [3.8, 4) is 11.5 Å². The van der Waals surface area contributed by atoms with Crippen LogP contribution in [0.5, 0.6) is 11.5 Å². The van der Waals surface area contributed by atoms with Crippen molar-refractivity contribution in [1.82, 2.24) is 9.80 Å². The fourth-order valence-electron chi connectivity index (χ4n) is 4.83. The Bertz CT molecular complexity index is 1120. The number of Topliss-reactive ketones (excluding diaryl/α,β-unsaturated/α-hetero) is 1. The van der Waals surface area contributed by atoms with Gasteiger partial charge >= 0.3 is 0 Å². The van der Waals surface area contributed by atoms with Gasteiger partial charge in [-0.1, -0.05) is 12.1 Å². The normalized spacial score (nSPS) is 20.1. The molecule has 2 aliphatic heterocycles. The summed E-state index contributed by atoms with van der Waals surface area (Å²) < 4.78 is 16.3. The highest BCUT2D eigenvalue weighted by atomic mass is 16.5. The standard InChI is InChI=1S/C28H34N2O6/c1-4-36-21-8-6-20(7-9-21)25-24(26(31)23-11-10-22(34-3)18-19(23)2)27(32)28(33)30(25)13-5-12-29-14-16-35-17-15-29/h6-11,18,25,31H,4-5,12-17H2,1-3H3/b26-24+/t25-/m1/s1. The Balaban J connectivity index is 1.69. The first-order chi connectivity index (χ1) is 17.4. The number of aliphatic hydroxyl groups excluding tert-OH is 1. The van der Waals surface area contributed by atoms with Crippen molar-refractivity contribution in [2.24, 2.45) is 0 Å². The predicted molar refractivity (Wildman–Crippen MR) is 136 cm³/mol. The number of nitrogens with zero attached hydrogens (tertiary/aromatic N) is 2. The number of benzene rings is 2. The highest BCUT2D eigenvalue weighted by molar-refractivity contribution is 6.46. The maximum absolute atomic E-state index is 13.3. The fourth-order valence-corrected chi connectivity index (χ4v) is 4.83. The summed E-state index contributed by atoms with van der Waals surface area (Å²) in [7, 11) is 1.57. The van der Waals surface area contributed by atoms with Crippen LogP contribution in [0.1, 0.15) is 36.1 Å². The average Bonchev–Trinajstić information content (AvgIpc) is 3.14. The maximum Gasteiger partial charge on any atom is 0.295 e. The predicted octanol–water partition coefficient (Wildman–Crippen LogP) is 3.55. The van der Waals surface area contributed by atoms with Crippen molar-refractivity contribution in [3.05, 3.63) is 64.7 Å². The number of methoxy groups -OCH3 is 1. The molecular weight excluding hydrogens is 460 g/mol. The number of morpholine rings is 1. The molecular formula is C28H34N2O6. The molecule has 4 rings (SSSR count). The number of aliphatic hydroxyl groups is 1. The number of ketones is 1. The van der Waals surface area contributed by atoms with E-state index in [1.807, 2.05) is 38.1 Å². The van der Waals surface area contributed by atoms with Gasteiger partial charge in [0.2, 0.25) is 0 Å². The zero-order valence-electron chi connectivity index (χ0n) is 21.2. The third-order valence-electron chi connectivity index (χ3n) is 6.71. The van der Waals surface area contributed by atoms with Gasteiger partial charge in [0.1, 0.15) is 17.3 Å². The molecule has 0 bridgehead atoms. The summed E-state index contributed by atoms with van der Waals surface area (Å²) in [6.45, 7) is 8.62. The van der Waals surface area contributed by atoms with E-state index in [2.05, 4.69) is 4.90 Å². The Morgan fingerprint density at radius 2 is 1.75 bits per heavy atom. The molecule has 1 amide bonds. The van der Waals surface area contributed by atoms with E-state index in [0.29, 0.717) is 49.8 Å². The molecule has 2 saturated heterocycles.